The molecule has 0 saturated carbocycles. The lowest BCUT2D eigenvalue weighted by atomic mass is 10.1. The van der Waals surface area contributed by atoms with Gasteiger partial charge in [-0.25, -0.2) is 9.97 Å². The van der Waals surface area contributed by atoms with Gasteiger partial charge in [0.1, 0.15) is 11.6 Å². The fourth-order valence-electron chi connectivity index (χ4n) is 2.58. The van der Waals surface area contributed by atoms with Crippen molar-refractivity contribution < 1.29 is 0 Å². The molecule has 0 unspecified atom stereocenters. The maximum absolute atomic E-state index is 4.51. The van der Waals surface area contributed by atoms with E-state index in [1.54, 1.807) is 13.2 Å². The van der Waals surface area contributed by atoms with Crippen LogP contribution in [-0.2, 0) is 13.1 Å². The van der Waals surface area contributed by atoms with E-state index in [4.69, 9.17) is 0 Å². The van der Waals surface area contributed by atoms with Crippen molar-refractivity contribution in [3.05, 3.63) is 77.5 Å². The van der Waals surface area contributed by atoms with E-state index in [0.29, 0.717) is 6.54 Å². The van der Waals surface area contributed by atoms with Gasteiger partial charge in [0.15, 0.2) is 5.96 Å². The van der Waals surface area contributed by atoms with Crippen LogP contribution in [0.4, 0.5) is 0 Å². The van der Waals surface area contributed by atoms with Gasteiger partial charge in [-0.1, -0.05) is 35.9 Å². The molecule has 0 bridgehead atoms. The highest BCUT2D eigenvalue weighted by Crippen LogP contribution is 2.08. The summed E-state index contributed by atoms with van der Waals surface area (Å²) < 4.78 is 1.96. The van der Waals surface area contributed by atoms with E-state index < -0.39 is 0 Å². The first kappa shape index (κ1) is 20.9. The number of aliphatic imine (C=N–C) groups is 1. The minimum Gasteiger partial charge on any atom is -0.352 e. The quantitative estimate of drug-likeness (QED) is 0.337. The molecule has 0 amide bonds. The standard InChI is InChI=1S/C20H24N6.HI/c1-15-4-6-17(7-5-15)12-24-20(21-3)25-14-18-8-9-19(23-13-18)26-11-10-22-16(26)2;/h4-11,13H,12,14H2,1-3H3,(H2,21,24,25);1H. The van der Waals surface area contributed by atoms with Crippen molar-refractivity contribution in [3.8, 4) is 5.82 Å². The van der Waals surface area contributed by atoms with Crippen LogP contribution in [0.1, 0.15) is 22.5 Å². The second kappa shape index (κ2) is 10.1. The third kappa shape index (κ3) is 5.78. The van der Waals surface area contributed by atoms with Gasteiger partial charge in [0.2, 0.25) is 0 Å². The maximum atomic E-state index is 4.51. The molecular weight excluding hydrogens is 451 g/mol. The van der Waals surface area contributed by atoms with Crippen LogP contribution < -0.4 is 10.6 Å². The van der Waals surface area contributed by atoms with Crippen molar-refractivity contribution in [1.82, 2.24) is 25.2 Å². The van der Waals surface area contributed by atoms with Crippen LogP contribution in [0.5, 0.6) is 0 Å². The zero-order valence-corrected chi connectivity index (χ0v) is 18.1. The number of aromatic nitrogens is 3. The third-order valence-corrected chi connectivity index (χ3v) is 4.15. The molecule has 0 saturated heterocycles. The van der Waals surface area contributed by atoms with Gasteiger partial charge in [-0.2, -0.15) is 0 Å². The highest BCUT2D eigenvalue weighted by Gasteiger charge is 2.03. The minimum atomic E-state index is 0. The van der Waals surface area contributed by atoms with E-state index in [1.807, 2.05) is 30.0 Å². The largest absolute Gasteiger partial charge is 0.352 e. The average Bonchev–Trinajstić information content (AvgIpc) is 3.10. The van der Waals surface area contributed by atoms with E-state index in [9.17, 15) is 0 Å². The molecule has 7 heteroatoms. The Hall–Kier alpha value is -2.42. The summed E-state index contributed by atoms with van der Waals surface area (Å²) in [6, 6.07) is 12.5. The Kier molecular flexibility index (Phi) is 7.78. The van der Waals surface area contributed by atoms with Crippen LogP contribution in [0.25, 0.3) is 5.82 Å². The minimum absolute atomic E-state index is 0. The molecule has 0 aliphatic rings. The molecule has 0 aliphatic carbocycles. The van der Waals surface area contributed by atoms with E-state index >= 15 is 0 Å². The summed E-state index contributed by atoms with van der Waals surface area (Å²) in [7, 11) is 1.77. The number of nitrogens with one attached hydrogen (secondary N) is 2. The summed E-state index contributed by atoms with van der Waals surface area (Å²) >= 11 is 0. The summed E-state index contributed by atoms with van der Waals surface area (Å²) in [4.78, 5) is 13.0. The van der Waals surface area contributed by atoms with Crippen LogP contribution in [0.3, 0.4) is 0 Å². The Bertz CT molecular complexity index is 868. The van der Waals surface area contributed by atoms with Gasteiger partial charge in [0.05, 0.1) is 0 Å². The Balaban J connectivity index is 0.00000261. The number of guanidine groups is 1. The number of benzene rings is 1. The maximum Gasteiger partial charge on any atom is 0.191 e. The van der Waals surface area contributed by atoms with Crippen molar-refractivity contribution in [2.24, 2.45) is 4.99 Å². The molecule has 142 valence electrons. The molecule has 0 radical (unpaired) electrons. The molecule has 1 aromatic carbocycles. The second-order valence-corrected chi connectivity index (χ2v) is 6.13. The smallest absolute Gasteiger partial charge is 0.191 e. The average molecular weight is 476 g/mol. The monoisotopic (exact) mass is 476 g/mol. The molecule has 2 aromatic heterocycles. The van der Waals surface area contributed by atoms with Gasteiger partial charge < -0.3 is 10.6 Å². The highest BCUT2D eigenvalue weighted by atomic mass is 127. The van der Waals surface area contributed by atoms with Crippen molar-refractivity contribution in [2.75, 3.05) is 7.05 Å². The predicted octanol–water partition coefficient (Wildman–Crippen LogP) is 3.37. The zero-order valence-electron chi connectivity index (χ0n) is 15.8. The Morgan fingerprint density at radius 1 is 0.963 bits per heavy atom. The zero-order chi connectivity index (χ0) is 18.4. The lowest BCUT2D eigenvalue weighted by Crippen LogP contribution is -2.36. The Morgan fingerprint density at radius 2 is 1.63 bits per heavy atom. The van der Waals surface area contributed by atoms with Gasteiger partial charge in [0, 0.05) is 38.7 Å². The van der Waals surface area contributed by atoms with Crippen molar-refractivity contribution >= 4 is 29.9 Å². The topological polar surface area (TPSA) is 67.1 Å². The molecule has 27 heavy (non-hydrogen) atoms. The molecule has 2 N–H and O–H groups in total. The summed E-state index contributed by atoms with van der Waals surface area (Å²) in [5.74, 6) is 2.55. The molecule has 0 aliphatic heterocycles. The molecule has 0 spiro atoms. The number of pyridine rings is 1. The number of hydrogen-bond acceptors (Lipinski definition) is 3. The number of aryl methyl sites for hydroxylation is 2. The first-order chi connectivity index (χ1) is 12.7. The highest BCUT2D eigenvalue weighted by molar-refractivity contribution is 14.0. The molecule has 0 atom stereocenters. The number of nitrogens with zero attached hydrogens (tertiary/aromatic N) is 4. The first-order valence-corrected chi connectivity index (χ1v) is 8.61. The normalized spacial score (nSPS) is 11.0. The van der Waals surface area contributed by atoms with Gasteiger partial charge >= 0.3 is 0 Å². The third-order valence-electron chi connectivity index (χ3n) is 4.15. The SMILES string of the molecule is CN=C(NCc1ccc(C)cc1)NCc1ccc(-n2ccnc2C)nc1.I. The summed E-state index contributed by atoms with van der Waals surface area (Å²) in [6.07, 6.45) is 5.55. The molecule has 3 aromatic rings. The van der Waals surface area contributed by atoms with Gasteiger partial charge in [-0.05, 0) is 31.0 Å². The molecule has 0 fully saturated rings. The second-order valence-electron chi connectivity index (χ2n) is 6.13. The summed E-state index contributed by atoms with van der Waals surface area (Å²) in [5, 5.41) is 6.64. The number of rotatable bonds is 5. The van der Waals surface area contributed by atoms with Crippen LogP contribution in [0.15, 0.2) is 60.0 Å². The summed E-state index contributed by atoms with van der Waals surface area (Å²) in [5.41, 5.74) is 3.57. The Morgan fingerprint density at radius 3 is 2.19 bits per heavy atom. The number of halogens is 1. The van der Waals surface area contributed by atoms with Crippen molar-refractivity contribution in [3.63, 3.8) is 0 Å². The van der Waals surface area contributed by atoms with Crippen molar-refractivity contribution in [1.29, 1.82) is 0 Å². The fraction of sp³-hybridized carbons (Fsp3) is 0.250. The van der Waals surface area contributed by atoms with Gasteiger partial charge in [-0.15, -0.1) is 24.0 Å². The van der Waals surface area contributed by atoms with Crippen LogP contribution in [0, 0.1) is 13.8 Å². The van der Waals surface area contributed by atoms with E-state index in [0.717, 1.165) is 29.7 Å². The van der Waals surface area contributed by atoms with Gasteiger partial charge in [0.25, 0.3) is 0 Å². The molecule has 3 rings (SSSR count). The number of hydrogen-bond donors (Lipinski definition) is 2. The van der Waals surface area contributed by atoms with E-state index in [1.165, 1.54) is 11.1 Å². The fourth-order valence-corrected chi connectivity index (χ4v) is 2.58. The molecule has 6 nitrogen and oxygen atoms in total. The molecular formula is C20H25IN6. The van der Waals surface area contributed by atoms with Crippen molar-refractivity contribution in [2.45, 2.75) is 26.9 Å². The lowest BCUT2D eigenvalue weighted by molar-refractivity contribution is 0.805. The molecule has 2 heterocycles. The van der Waals surface area contributed by atoms with E-state index in [2.05, 4.69) is 62.8 Å². The lowest BCUT2D eigenvalue weighted by Gasteiger charge is -2.12. The van der Waals surface area contributed by atoms with Crippen LogP contribution in [0.2, 0.25) is 0 Å². The number of imidazole rings is 1. The first-order valence-electron chi connectivity index (χ1n) is 8.61. The van der Waals surface area contributed by atoms with E-state index in [-0.39, 0.29) is 24.0 Å². The van der Waals surface area contributed by atoms with Crippen LogP contribution in [-0.4, -0.2) is 27.5 Å². The van der Waals surface area contributed by atoms with Gasteiger partial charge in [-0.3, -0.25) is 9.56 Å². The summed E-state index contributed by atoms with van der Waals surface area (Å²) in [6.45, 7) is 5.44. The predicted molar refractivity (Wildman–Crippen MR) is 120 cm³/mol. The Labute approximate surface area is 177 Å². The van der Waals surface area contributed by atoms with Crippen LogP contribution >= 0.6 is 24.0 Å².